The van der Waals surface area contributed by atoms with Crippen molar-refractivity contribution < 1.29 is 9.90 Å². The van der Waals surface area contributed by atoms with Crippen LogP contribution in [0.1, 0.15) is 11.1 Å². The number of amides is 1. The van der Waals surface area contributed by atoms with Gasteiger partial charge in [0.05, 0.1) is 0 Å². The van der Waals surface area contributed by atoms with Gasteiger partial charge in [0.15, 0.2) is 0 Å². The number of benzene rings is 2. The molecule has 0 aromatic heterocycles. The van der Waals surface area contributed by atoms with E-state index in [2.05, 4.69) is 15.6 Å². The predicted octanol–water partition coefficient (Wildman–Crippen LogP) is 2.28. The Hall–Kier alpha value is -2.36. The van der Waals surface area contributed by atoms with Crippen LogP contribution in [-0.2, 0) is 4.79 Å². The van der Waals surface area contributed by atoms with Crippen molar-refractivity contribution in [1.29, 1.82) is 0 Å². The minimum atomic E-state index is -0.0850. The van der Waals surface area contributed by atoms with Crippen molar-refractivity contribution in [2.75, 3.05) is 11.9 Å². The summed E-state index contributed by atoms with van der Waals surface area (Å²) in [6.07, 6.45) is 1.81. The SMILES string of the molecule is Cc1ccc(N2C(=O)/C(=C\c3ccc(O)cc3)N(C)C2=[Se])cc1. The number of carbonyl (C=O) groups is 1. The molecule has 0 unspecified atom stereocenters. The molecular formula is C18H16N2O2Se. The molecule has 5 heteroatoms. The maximum absolute atomic E-state index is 12.8. The zero-order valence-electron chi connectivity index (χ0n) is 12.9. The Labute approximate surface area is 143 Å². The van der Waals surface area contributed by atoms with Crippen molar-refractivity contribution in [2.45, 2.75) is 6.92 Å². The second-order valence-electron chi connectivity index (χ2n) is 5.44. The van der Waals surface area contributed by atoms with Crippen LogP contribution in [0.3, 0.4) is 0 Å². The third kappa shape index (κ3) is 2.93. The Morgan fingerprint density at radius 3 is 2.26 bits per heavy atom. The standard InChI is InChI=1S/C18H16N2O2Se/c1-12-3-7-14(8-4-12)20-17(22)16(19(2)18(20)23)11-13-5-9-15(21)10-6-13/h3-11,21H,1-2H3/b16-11+. The van der Waals surface area contributed by atoms with Gasteiger partial charge in [0.1, 0.15) is 0 Å². The van der Waals surface area contributed by atoms with Gasteiger partial charge in [0.2, 0.25) is 0 Å². The van der Waals surface area contributed by atoms with Crippen LogP contribution in [0.15, 0.2) is 54.2 Å². The molecule has 1 amide bonds. The molecule has 1 aliphatic heterocycles. The summed E-state index contributed by atoms with van der Waals surface area (Å²) < 4.78 is 0.740. The number of aromatic hydroxyl groups is 1. The zero-order valence-corrected chi connectivity index (χ0v) is 14.6. The molecule has 0 saturated carbocycles. The quantitative estimate of drug-likeness (QED) is 0.651. The van der Waals surface area contributed by atoms with Gasteiger partial charge in [-0.25, -0.2) is 0 Å². The van der Waals surface area contributed by atoms with Gasteiger partial charge in [-0.3, -0.25) is 0 Å². The summed E-state index contributed by atoms with van der Waals surface area (Å²) in [4.78, 5) is 16.3. The molecule has 0 aliphatic carbocycles. The first kappa shape index (κ1) is 15.5. The zero-order chi connectivity index (χ0) is 16.6. The summed E-state index contributed by atoms with van der Waals surface area (Å²) in [6.45, 7) is 2.01. The molecular weight excluding hydrogens is 355 g/mol. The first-order valence-corrected chi connectivity index (χ1v) is 8.02. The molecule has 1 fully saturated rings. The van der Waals surface area contributed by atoms with Gasteiger partial charge in [0, 0.05) is 0 Å². The molecule has 2 aromatic carbocycles. The van der Waals surface area contributed by atoms with Crippen molar-refractivity contribution in [3.8, 4) is 5.75 Å². The number of likely N-dealkylation sites (N-methyl/N-ethyl adjacent to an activating group) is 1. The van der Waals surface area contributed by atoms with E-state index in [-0.39, 0.29) is 11.7 Å². The van der Waals surface area contributed by atoms with Crippen molar-refractivity contribution >= 4 is 37.9 Å². The summed E-state index contributed by atoms with van der Waals surface area (Å²) in [5.41, 5.74) is 3.41. The van der Waals surface area contributed by atoms with E-state index < -0.39 is 0 Å². The van der Waals surface area contributed by atoms with Crippen LogP contribution in [-0.4, -0.2) is 43.2 Å². The first-order valence-electron chi connectivity index (χ1n) is 7.17. The van der Waals surface area contributed by atoms with Crippen molar-refractivity contribution in [3.05, 3.63) is 65.4 Å². The van der Waals surface area contributed by atoms with E-state index in [1.165, 1.54) is 0 Å². The summed E-state index contributed by atoms with van der Waals surface area (Å²) in [5.74, 6) is 0.119. The van der Waals surface area contributed by atoms with Gasteiger partial charge in [-0.1, -0.05) is 0 Å². The first-order chi connectivity index (χ1) is 11.0. The topological polar surface area (TPSA) is 43.8 Å². The minimum absolute atomic E-state index is 0.0850. The number of aryl methyl sites for hydroxylation is 1. The molecule has 0 atom stereocenters. The maximum atomic E-state index is 12.8. The Morgan fingerprint density at radius 2 is 1.65 bits per heavy atom. The number of hydrogen-bond donors (Lipinski definition) is 1. The average Bonchev–Trinajstić information content (AvgIpc) is 2.74. The van der Waals surface area contributed by atoms with Gasteiger partial charge < -0.3 is 0 Å². The molecule has 2 aromatic rings. The monoisotopic (exact) mass is 372 g/mol. The Kier molecular flexibility index (Phi) is 4.07. The van der Waals surface area contributed by atoms with E-state index in [0.29, 0.717) is 5.70 Å². The van der Waals surface area contributed by atoms with E-state index in [4.69, 9.17) is 0 Å². The van der Waals surface area contributed by atoms with Crippen LogP contribution < -0.4 is 4.90 Å². The third-order valence-electron chi connectivity index (χ3n) is 3.75. The Balaban J connectivity index is 1.97. The molecule has 0 spiro atoms. The van der Waals surface area contributed by atoms with Crippen molar-refractivity contribution in [3.63, 3.8) is 0 Å². The fourth-order valence-corrected chi connectivity index (χ4v) is 3.01. The number of phenolic OH excluding ortho intramolecular Hbond substituents is 1. The van der Waals surface area contributed by atoms with E-state index in [1.807, 2.05) is 49.2 Å². The summed E-state index contributed by atoms with van der Waals surface area (Å²) >= 11 is 2.97. The number of rotatable bonds is 2. The fourth-order valence-electron chi connectivity index (χ4n) is 2.41. The molecule has 116 valence electrons. The number of anilines is 1. The normalized spacial score (nSPS) is 16.5. The van der Waals surface area contributed by atoms with E-state index in [0.717, 1.165) is 21.5 Å². The van der Waals surface area contributed by atoms with Crippen LogP contribution in [0.2, 0.25) is 0 Å². The van der Waals surface area contributed by atoms with Crippen LogP contribution in [0.5, 0.6) is 5.75 Å². The van der Waals surface area contributed by atoms with Gasteiger partial charge in [-0.05, 0) is 0 Å². The number of nitrogens with zero attached hydrogens (tertiary/aromatic N) is 2. The number of hydrogen-bond acceptors (Lipinski definition) is 3. The van der Waals surface area contributed by atoms with Gasteiger partial charge in [-0.15, -0.1) is 0 Å². The predicted molar refractivity (Wildman–Crippen MR) is 93.3 cm³/mol. The Bertz CT molecular complexity index is 795. The summed E-state index contributed by atoms with van der Waals surface area (Å²) in [6, 6.07) is 14.6. The van der Waals surface area contributed by atoms with Crippen molar-refractivity contribution in [1.82, 2.24) is 4.90 Å². The van der Waals surface area contributed by atoms with Crippen LogP contribution in [0.4, 0.5) is 5.69 Å². The number of carbonyl (C=O) groups excluding carboxylic acids is 1. The average molecular weight is 371 g/mol. The summed E-state index contributed by atoms with van der Waals surface area (Å²) in [5, 5.41) is 9.36. The van der Waals surface area contributed by atoms with E-state index >= 15 is 0 Å². The van der Waals surface area contributed by atoms with E-state index in [9.17, 15) is 9.90 Å². The van der Waals surface area contributed by atoms with Gasteiger partial charge in [0.25, 0.3) is 0 Å². The molecule has 1 heterocycles. The Morgan fingerprint density at radius 1 is 1.04 bits per heavy atom. The molecule has 1 N–H and O–H groups in total. The molecule has 1 saturated heterocycles. The summed E-state index contributed by atoms with van der Waals surface area (Å²) in [7, 11) is 1.85. The number of phenols is 1. The van der Waals surface area contributed by atoms with Crippen LogP contribution in [0.25, 0.3) is 6.08 Å². The second-order valence-corrected chi connectivity index (χ2v) is 6.20. The molecule has 3 rings (SSSR count). The molecule has 0 radical (unpaired) electrons. The molecule has 0 bridgehead atoms. The van der Waals surface area contributed by atoms with E-state index in [1.54, 1.807) is 29.2 Å². The third-order valence-corrected chi connectivity index (χ3v) is 4.71. The molecule has 1 aliphatic rings. The molecule has 4 nitrogen and oxygen atoms in total. The fraction of sp³-hybridized carbons (Fsp3) is 0.111. The van der Waals surface area contributed by atoms with Gasteiger partial charge in [-0.2, -0.15) is 0 Å². The molecule has 23 heavy (non-hydrogen) atoms. The van der Waals surface area contributed by atoms with Crippen molar-refractivity contribution in [2.24, 2.45) is 0 Å². The second kappa shape index (κ2) is 6.03. The van der Waals surface area contributed by atoms with Crippen LogP contribution in [0, 0.1) is 6.92 Å². The van der Waals surface area contributed by atoms with Gasteiger partial charge >= 0.3 is 143 Å². The van der Waals surface area contributed by atoms with Crippen LogP contribution >= 0.6 is 0 Å².